The Bertz CT molecular complexity index is 1550. The van der Waals surface area contributed by atoms with Gasteiger partial charge in [-0.05, 0) is 42.5 Å². The maximum absolute atomic E-state index is 13.0. The number of rotatable bonds is 9. The fourth-order valence-corrected chi connectivity index (χ4v) is 4.84. The molecule has 0 aliphatic carbocycles. The van der Waals surface area contributed by atoms with Crippen LogP contribution in [0, 0.1) is 0 Å². The highest BCUT2D eigenvalue weighted by molar-refractivity contribution is 7.89. The summed E-state index contributed by atoms with van der Waals surface area (Å²) in [4.78, 5) is -0.690. The minimum absolute atomic E-state index is 0.117. The maximum atomic E-state index is 13.0. The number of ether oxygens (including phenoxy) is 3. The molecule has 1 N–H and O–H groups in total. The van der Waals surface area contributed by atoms with E-state index in [1.165, 1.54) is 24.8 Å². The largest absolute Gasteiger partial charge is 0.497 e. The number of benzene rings is 2. The summed E-state index contributed by atoms with van der Waals surface area (Å²) in [5.41, 5.74) is -0.166. The first kappa shape index (κ1) is 26.4. The van der Waals surface area contributed by atoms with Gasteiger partial charge in [0.1, 0.15) is 23.0 Å². The molecule has 4 rings (SSSR count). The number of hydrogen-bond donors (Lipinski definition) is 1. The van der Waals surface area contributed by atoms with Gasteiger partial charge in [-0.2, -0.15) is 17.7 Å². The first-order chi connectivity index (χ1) is 17.5. The summed E-state index contributed by atoms with van der Waals surface area (Å²) in [5.74, 6) is 1.53. The summed E-state index contributed by atoms with van der Waals surface area (Å²) < 4.78 is 83.8. The van der Waals surface area contributed by atoms with Crippen molar-refractivity contribution >= 4 is 27.3 Å². The number of sulfonamides is 1. The van der Waals surface area contributed by atoms with E-state index in [1.54, 1.807) is 24.3 Å². The number of halogens is 4. The highest BCUT2D eigenvalue weighted by Gasteiger charge is 2.32. The van der Waals surface area contributed by atoms with Crippen molar-refractivity contribution in [2.24, 2.45) is 0 Å². The molecular formula is C22H19ClF3N5O5S. The van der Waals surface area contributed by atoms with Crippen molar-refractivity contribution < 1.29 is 35.8 Å². The topological polar surface area (TPSA) is 117 Å². The first-order valence-electron chi connectivity index (χ1n) is 10.5. The second-order valence-corrected chi connectivity index (χ2v) is 9.56. The summed E-state index contributed by atoms with van der Waals surface area (Å²) in [5, 5.41) is 12.2. The Hall–Kier alpha value is -3.62. The van der Waals surface area contributed by atoms with Crippen LogP contribution in [0.25, 0.3) is 17.0 Å². The molecule has 0 atom stereocenters. The van der Waals surface area contributed by atoms with Gasteiger partial charge in [0, 0.05) is 12.6 Å². The fourth-order valence-electron chi connectivity index (χ4n) is 3.30. The van der Waals surface area contributed by atoms with Gasteiger partial charge in [-0.15, -0.1) is 15.3 Å². The van der Waals surface area contributed by atoms with E-state index < -0.39 is 26.7 Å². The first-order valence-corrected chi connectivity index (χ1v) is 12.3. The normalized spacial score (nSPS) is 12.1. The molecule has 0 fully saturated rings. The molecule has 2 aromatic heterocycles. The van der Waals surface area contributed by atoms with Gasteiger partial charge >= 0.3 is 6.18 Å². The van der Waals surface area contributed by atoms with Gasteiger partial charge in [-0.25, -0.2) is 13.1 Å². The Morgan fingerprint density at radius 3 is 2.51 bits per heavy atom. The smallest absolute Gasteiger partial charge is 0.416 e. The predicted molar refractivity (Wildman–Crippen MR) is 126 cm³/mol. The third-order valence-electron chi connectivity index (χ3n) is 5.08. The summed E-state index contributed by atoms with van der Waals surface area (Å²) in [7, 11) is -1.32. The molecule has 37 heavy (non-hydrogen) atoms. The molecule has 0 radical (unpaired) electrons. The van der Waals surface area contributed by atoms with Crippen molar-refractivity contribution in [1.82, 2.24) is 24.5 Å². The number of nitrogens with one attached hydrogen (secondary N) is 1. The number of hydrogen-bond acceptors (Lipinski definition) is 8. The van der Waals surface area contributed by atoms with Gasteiger partial charge in [0.25, 0.3) is 0 Å². The summed E-state index contributed by atoms with van der Waals surface area (Å²) in [6.45, 7) is -0.457. The fraction of sp³-hybridized carbons (Fsp3) is 0.227. The summed E-state index contributed by atoms with van der Waals surface area (Å²) in [6, 6.07) is 10.3. The van der Waals surface area contributed by atoms with Crippen molar-refractivity contribution in [3.8, 4) is 28.8 Å². The Labute approximate surface area is 214 Å². The Morgan fingerprint density at radius 1 is 1.03 bits per heavy atom. The van der Waals surface area contributed by atoms with E-state index in [1.807, 2.05) is 0 Å². The molecule has 2 aromatic carbocycles. The minimum atomic E-state index is -4.72. The molecular weight excluding hydrogens is 539 g/mol. The van der Waals surface area contributed by atoms with Crippen LogP contribution >= 0.6 is 11.6 Å². The highest BCUT2D eigenvalue weighted by atomic mass is 35.5. The molecule has 15 heteroatoms. The zero-order valence-corrected chi connectivity index (χ0v) is 20.9. The van der Waals surface area contributed by atoms with Gasteiger partial charge in [0.05, 0.1) is 30.4 Å². The molecule has 0 unspecified atom stereocenters. The third kappa shape index (κ3) is 5.70. The van der Waals surface area contributed by atoms with Crippen LogP contribution in [0.15, 0.2) is 53.4 Å². The van der Waals surface area contributed by atoms with Crippen LogP contribution in [0.4, 0.5) is 13.2 Å². The SMILES string of the molecule is COc1ccc(OC)c(-c2nnc3ccc(OCCNS(=O)(=O)c4cc(C(F)(F)F)ccc4Cl)nn23)c1. The average molecular weight is 558 g/mol. The van der Waals surface area contributed by atoms with E-state index in [-0.39, 0.29) is 24.1 Å². The van der Waals surface area contributed by atoms with Crippen LogP contribution in [-0.2, 0) is 16.2 Å². The molecule has 0 aliphatic heterocycles. The van der Waals surface area contributed by atoms with Gasteiger partial charge < -0.3 is 14.2 Å². The van der Waals surface area contributed by atoms with E-state index in [9.17, 15) is 21.6 Å². The molecule has 0 amide bonds. The molecule has 10 nitrogen and oxygen atoms in total. The minimum Gasteiger partial charge on any atom is -0.497 e. The van der Waals surface area contributed by atoms with Crippen LogP contribution in [0.3, 0.4) is 0 Å². The second kappa shape index (κ2) is 10.4. The zero-order valence-electron chi connectivity index (χ0n) is 19.3. The van der Waals surface area contributed by atoms with Crippen LogP contribution in [-0.4, -0.2) is 55.6 Å². The molecule has 0 spiro atoms. The van der Waals surface area contributed by atoms with Gasteiger partial charge in [-0.3, -0.25) is 0 Å². The standard InChI is InChI=1S/C22H19ClF3N5O5S/c1-34-14-4-6-17(35-2)15(12-14)21-29-28-19-7-8-20(30-31(19)21)36-10-9-27-37(32,33)18-11-13(22(24,25)26)3-5-16(18)23/h3-8,11-12,27H,9-10H2,1-2H3. The molecule has 0 saturated heterocycles. The lowest BCUT2D eigenvalue weighted by atomic mass is 10.2. The summed E-state index contributed by atoms with van der Waals surface area (Å²) >= 11 is 5.83. The van der Waals surface area contributed by atoms with Crippen molar-refractivity contribution in [2.75, 3.05) is 27.4 Å². The number of alkyl halides is 3. The Morgan fingerprint density at radius 2 is 1.81 bits per heavy atom. The predicted octanol–water partition coefficient (Wildman–Crippen LogP) is 3.84. The molecule has 2 heterocycles. The van der Waals surface area contributed by atoms with Crippen LogP contribution in [0.5, 0.6) is 17.4 Å². The second-order valence-electron chi connectivity index (χ2n) is 7.42. The molecule has 4 aromatic rings. The molecule has 0 saturated carbocycles. The Kier molecular flexibility index (Phi) is 7.43. The Balaban J connectivity index is 1.49. The average Bonchev–Trinajstić information content (AvgIpc) is 3.28. The lowest BCUT2D eigenvalue weighted by Crippen LogP contribution is -2.29. The van der Waals surface area contributed by atoms with Crippen LogP contribution < -0.4 is 18.9 Å². The maximum Gasteiger partial charge on any atom is 0.416 e. The number of methoxy groups -OCH3 is 2. The summed E-state index contributed by atoms with van der Waals surface area (Å²) in [6.07, 6.45) is -4.72. The molecule has 0 aliphatic rings. The van der Waals surface area contributed by atoms with E-state index in [0.717, 1.165) is 6.07 Å². The number of fused-ring (bicyclic) bond motifs is 1. The van der Waals surface area contributed by atoms with E-state index >= 15 is 0 Å². The monoisotopic (exact) mass is 557 g/mol. The van der Waals surface area contributed by atoms with Gasteiger partial charge in [-0.1, -0.05) is 11.6 Å². The van der Waals surface area contributed by atoms with Crippen molar-refractivity contribution in [1.29, 1.82) is 0 Å². The van der Waals surface area contributed by atoms with Crippen molar-refractivity contribution in [3.05, 3.63) is 59.1 Å². The van der Waals surface area contributed by atoms with Crippen LogP contribution in [0.1, 0.15) is 5.56 Å². The van der Waals surface area contributed by atoms with Gasteiger partial charge in [0.15, 0.2) is 11.5 Å². The molecule has 196 valence electrons. The zero-order chi connectivity index (χ0) is 26.8. The quantitative estimate of drug-likeness (QED) is 0.309. The lowest BCUT2D eigenvalue weighted by molar-refractivity contribution is -0.137. The number of nitrogens with zero attached hydrogens (tertiary/aromatic N) is 4. The number of aromatic nitrogens is 4. The lowest BCUT2D eigenvalue weighted by Gasteiger charge is -2.12. The van der Waals surface area contributed by atoms with Crippen molar-refractivity contribution in [3.63, 3.8) is 0 Å². The van der Waals surface area contributed by atoms with E-state index in [0.29, 0.717) is 40.7 Å². The van der Waals surface area contributed by atoms with E-state index in [2.05, 4.69) is 20.0 Å². The van der Waals surface area contributed by atoms with Crippen molar-refractivity contribution in [2.45, 2.75) is 11.1 Å². The highest BCUT2D eigenvalue weighted by Crippen LogP contribution is 2.34. The van der Waals surface area contributed by atoms with Crippen LogP contribution in [0.2, 0.25) is 5.02 Å². The third-order valence-corrected chi connectivity index (χ3v) is 7.02. The molecule has 0 bridgehead atoms. The van der Waals surface area contributed by atoms with Gasteiger partial charge in [0.2, 0.25) is 15.9 Å². The van der Waals surface area contributed by atoms with E-state index in [4.69, 9.17) is 25.8 Å².